The van der Waals surface area contributed by atoms with Gasteiger partial charge in [-0.1, -0.05) is 44.7 Å². The second kappa shape index (κ2) is 7.99. The monoisotopic (exact) mass is 305 g/mol. The predicted octanol–water partition coefficient (Wildman–Crippen LogP) is 4.32. The molecule has 122 valence electrons. The average molecular weight is 305 g/mol. The summed E-state index contributed by atoms with van der Waals surface area (Å²) in [5.41, 5.74) is 1.74. The van der Waals surface area contributed by atoms with E-state index in [9.17, 15) is 4.79 Å². The largest absolute Gasteiger partial charge is 0.413 e. The fourth-order valence-corrected chi connectivity index (χ4v) is 2.02. The highest BCUT2D eigenvalue weighted by Crippen LogP contribution is 2.24. The number of hydrogen-bond donors (Lipinski definition) is 1. The highest BCUT2D eigenvalue weighted by molar-refractivity contribution is 5.69. The first-order valence-electron chi connectivity index (χ1n) is 7.62. The van der Waals surface area contributed by atoms with Crippen molar-refractivity contribution in [3.05, 3.63) is 47.7 Å². The lowest BCUT2D eigenvalue weighted by atomic mass is 9.90. The number of hydrogen-bond acceptors (Lipinski definition) is 3. The molecule has 0 bridgehead atoms. The summed E-state index contributed by atoms with van der Waals surface area (Å²) in [5.74, 6) is 0.736. The summed E-state index contributed by atoms with van der Waals surface area (Å²) in [7, 11) is 0. The molecule has 4 heteroatoms. The molecule has 0 spiro atoms. The molecule has 4 nitrogen and oxygen atoms in total. The molecule has 0 fully saturated rings. The van der Waals surface area contributed by atoms with Crippen LogP contribution in [0.5, 0.6) is 0 Å². The molecule has 0 aromatic heterocycles. The fourth-order valence-electron chi connectivity index (χ4n) is 2.02. The third-order valence-electron chi connectivity index (χ3n) is 3.39. The number of ether oxygens (including phenoxy) is 2. The Bertz CT molecular complexity index is 521. The summed E-state index contributed by atoms with van der Waals surface area (Å²) >= 11 is 0. The summed E-state index contributed by atoms with van der Waals surface area (Å²) < 4.78 is 10.3. The minimum absolute atomic E-state index is 0.215. The van der Waals surface area contributed by atoms with Gasteiger partial charge >= 0.3 is 6.09 Å². The van der Waals surface area contributed by atoms with Crippen molar-refractivity contribution in [1.82, 2.24) is 5.32 Å². The van der Waals surface area contributed by atoms with Crippen LogP contribution < -0.4 is 5.32 Å². The number of rotatable bonds is 7. The Labute approximate surface area is 133 Å². The summed E-state index contributed by atoms with van der Waals surface area (Å²) in [6.45, 7) is 14.5. The van der Waals surface area contributed by atoms with Gasteiger partial charge in [0.25, 0.3) is 0 Å². The van der Waals surface area contributed by atoms with Crippen molar-refractivity contribution in [3.63, 3.8) is 0 Å². The van der Waals surface area contributed by atoms with Crippen molar-refractivity contribution in [2.24, 2.45) is 0 Å². The minimum Gasteiger partial charge on any atom is -0.413 e. The second-order valence-corrected chi connectivity index (χ2v) is 6.10. The highest BCUT2D eigenvalue weighted by Gasteiger charge is 2.24. The quantitative estimate of drug-likeness (QED) is 0.763. The summed E-state index contributed by atoms with van der Waals surface area (Å²) in [5, 5.41) is 2.87. The molecule has 1 aromatic carbocycles. The molecule has 1 amide bonds. The van der Waals surface area contributed by atoms with Crippen molar-refractivity contribution in [2.75, 3.05) is 13.2 Å². The van der Waals surface area contributed by atoms with Crippen molar-refractivity contribution in [1.29, 1.82) is 0 Å². The van der Waals surface area contributed by atoms with Crippen molar-refractivity contribution < 1.29 is 14.3 Å². The topological polar surface area (TPSA) is 47.6 Å². The summed E-state index contributed by atoms with van der Waals surface area (Å²) in [4.78, 5) is 12.0. The normalized spacial score (nSPS) is 11.4. The fraction of sp³-hybridized carbons (Fsp3) is 0.500. The lowest BCUT2D eigenvalue weighted by Gasteiger charge is -2.27. The molecular formula is C18H27NO3. The van der Waals surface area contributed by atoms with E-state index in [-0.39, 0.29) is 6.61 Å². The maximum Gasteiger partial charge on any atom is 0.413 e. The second-order valence-electron chi connectivity index (χ2n) is 6.10. The molecule has 1 aromatic rings. The van der Waals surface area contributed by atoms with Crippen LogP contribution in [0.3, 0.4) is 0 Å². The van der Waals surface area contributed by atoms with Crippen molar-refractivity contribution in [2.45, 2.75) is 46.1 Å². The maximum atomic E-state index is 12.0. The van der Waals surface area contributed by atoms with E-state index in [4.69, 9.17) is 9.47 Å². The van der Waals surface area contributed by atoms with Gasteiger partial charge in [0.2, 0.25) is 0 Å². The van der Waals surface area contributed by atoms with Crippen LogP contribution in [0.4, 0.5) is 4.79 Å². The first-order chi connectivity index (χ1) is 10.3. The molecule has 0 atom stereocenters. The van der Waals surface area contributed by atoms with Crippen molar-refractivity contribution >= 4 is 6.09 Å². The van der Waals surface area contributed by atoms with Crippen LogP contribution in [-0.4, -0.2) is 19.3 Å². The van der Waals surface area contributed by atoms with E-state index in [1.165, 1.54) is 5.56 Å². The van der Waals surface area contributed by atoms with E-state index < -0.39 is 11.6 Å². The summed E-state index contributed by atoms with van der Waals surface area (Å²) in [6.07, 6.45) is -0.523. The number of amides is 1. The molecule has 1 rings (SSSR count). The van der Waals surface area contributed by atoms with Gasteiger partial charge in [-0.05, 0) is 37.8 Å². The zero-order valence-corrected chi connectivity index (χ0v) is 14.2. The first kappa shape index (κ1) is 18.2. The standard InChI is InChI=1S/C18H27NO3/c1-7-21-12-14(4)22-17(20)19-18(5,6)16-10-8-9-15(11-16)13(2)3/h8-11,13H,4,7,12H2,1-3,5-6H3,(H,19,20). The van der Waals surface area contributed by atoms with Gasteiger partial charge in [0.1, 0.15) is 12.4 Å². The number of alkyl carbamates (subject to hydrolysis) is 1. The Kier molecular flexibility index (Phi) is 6.62. The number of carbonyl (C=O) groups excluding carboxylic acids is 1. The highest BCUT2D eigenvalue weighted by atomic mass is 16.6. The lowest BCUT2D eigenvalue weighted by molar-refractivity contribution is 0.114. The van der Waals surface area contributed by atoms with Gasteiger partial charge in [-0.3, -0.25) is 0 Å². The molecule has 22 heavy (non-hydrogen) atoms. The van der Waals surface area contributed by atoms with Gasteiger partial charge < -0.3 is 14.8 Å². The Hall–Kier alpha value is -1.81. The molecule has 0 aliphatic carbocycles. The van der Waals surface area contributed by atoms with E-state index >= 15 is 0 Å². The smallest absolute Gasteiger partial charge is 0.413 e. The van der Waals surface area contributed by atoms with E-state index in [1.807, 2.05) is 32.9 Å². The van der Waals surface area contributed by atoms with Gasteiger partial charge in [-0.25, -0.2) is 4.79 Å². The third-order valence-corrected chi connectivity index (χ3v) is 3.39. The van der Waals surface area contributed by atoms with Crippen molar-refractivity contribution in [3.8, 4) is 0 Å². The molecule has 0 aliphatic rings. The molecule has 1 N–H and O–H groups in total. The Morgan fingerprint density at radius 3 is 2.64 bits per heavy atom. The molecule has 0 radical (unpaired) electrons. The Morgan fingerprint density at radius 2 is 2.05 bits per heavy atom. The van der Waals surface area contributed by atoms with Crippen LogP contribution in [0, 0.1) is 0 Å². The molecule has 0 heterocycles. The van der Waals surface area contributed by atoms with E-state index in [2.05, 4.69) is 37.9 Å². The number of benzene rings is 1. The first-order valence-corrected chi connectivity index (χ1v) is 7.62. The van der Waals surface area contributed by atoms with Gasteiger partial charge in [0.15, 0.2) is 0 Å². The summed E-state index contributed by atoms with van der Waals surface area (Å²) in [6, 6.07) is 8.21. The van der Waals surface area contributed by atoms with Gasteiger partial charge in [-0.2, -0.15) is 0 Å². The van der Waals surface area contributed by atoms with Crippen LogP contribution in [0.15, 0.2) is 36.6 Å². The molecule has 0 aliphatic heterocycles. The van der Waals surface area contributed by atoms with Crippen LogP contribution in [-0.2, 0) is 15.0 Å². The van der Waals surface area contributed by atoms with Crippen LogP contribution in [0.25, 0.3) is 0 Å². The lowest BCUT2D eigenvalue weighted by Crippen LogP contribution is -2.41. The van der Waals surface area contributed by atoms with Gasteiger partial charge in [0, 0.05) is 6.61 Å². The average Bonchev–Trinajstić information content (AvgIpc) is 2.44. The van der Waals surface area contributed by atoms with Crippen LogP contribution in [0.1, 0.15) is 51.7 Å². The third kappa shape index (κ3) is 5.53. The van der Waals surface area contributed by atoms with Gasteiger partial charge in [-0.15, -0.1) is 0 Å². The molecule has 0 unspecified atom stereocenters. The molecular weight excluding hydrogens is 278 g/mol. The number of carbonyl (C=O) groups is 1. The predicted molar refractivity (Wildman–Crippen MR) is 88.8 cm³/mol. The Morgan fingerprint density at radius 1 is 1.36 bits per heavy atom. The van der Waals surface area contributed by atoms with Crippen LogP contribution >= 0.6 is 0 Å². The minimum atomic E-state index is -0.534. The van der Waals surface area contributed by atoms with E-state index in [1.54, 1.807) is 0 Å². The van der Waals surface area contributed by atoms with Gasteiger partial charge in [0.05, 0.1) is 5.54 Å². The molecule has 0 saturated carbocycles. The zero-order chi connectivity index (χ0) is 16.8. The molecule has 0 saturated heterocycles. The SMILES string of the molecule is C=C(COCC)OC(=O)NC(C)(C)c1cccc(C(C)C)c1. The maximum absolute atomic E-state index is 12.0. The van der Waals surface area contributed by atoms with E-state index in [0.29, 0.717) is 18.3 Å². The van der Waals surface area contributed by atoms with E-state index in [0.717, 1.165) is 5.56 Å². The Balaban J connectivity index is 2.72. The van der Waals surface area contributed by atoms with Crippen LogP contribution in [0.2, 0.25) is 0 Å². The number of nitrogens with one attached hydrogen (secondary N) is 1. The zero-order valence-electron chi connectivity index (χ0n) is 14.2.